The van der Waals surface area contributed by atoms with Crippen molar-refractivity contribution in [1.29, 1.82) is 0 Å². The van der Waals surface area contributed by atoms with Crippen molar-refractivity contribution in [3.05, 3.63) is 58.3 Å². The maximum absolute atomic E-state index is 12.2. The summed E-state index contributed by atoms with van der Waals surface area (Å²) in [4.78, 5) is 32.6. The standard InChI is InChI=1S/C23H23N7O4/c31-18(24-10-2-11-26-22-20-16(3-1-9-25-20)23(32)29-28-22)6-7-19-27-21(30-34-19)15-4-5-17-14(13-15)8-12-33-17/h1,3-5,9,13H,2,6-8,10-12H2,(H,24,31)(H,26,28)(H,29,32). The molecule has 3 aromatic heterocycles. The van der Waals surface area contributed by atoms with Crippen molar-refractivity contribution in [1.82, 2.24) is 30.6 Å². The molecule has 1 aliphatic heterocycles. The van der Waals surface area contributed by atoms with E-state index >= 15 is 0 Å². The number of rotatable bonds is 9. The lowest BCUT2D eigenvalue weighted by molar-refractivity contribution is -0.121. The van der Waals surface area contributed by atoms with E-state index in [1.807, 2.05) is 18.2 Å². The predicted octanol–water partition coefficient (Wildman–Crippen LogP) is 1.85. The minimum atomic E-state index is -0.281. The van der Waals surface area contributed by atoms with Crippen LogP contribution >= 0.6 is 0 Å². The van der Waals surface area contributed by atoms with E-state index in [4.69, 9.17) is 9.26 Å². The number of carbonyl (C=O) groups is 1. The minimum Gasteiger partial charge on any atom is -0.493 e. The number of nitrogens with zero attached hydrogens (tertiary/aromatic N) is 4. The number of ether oxygens (including phenoxy) is 1. The second-order valence-corrected chi connectivity index (χ2v) is 7.86. The number of H-pyrrole nitrogens is 1. The van der Waals surface area contributed by atoms with Gasteiger partial charge in [0.15, 0.2) is 5.82 Å². The van der Waals surface area contributed by atoms with Crippen LogP contribution in [0.25, 0.3) is 22.3 Å². The van der Waals surface area contributed by atoms with Gasteiger partial charge in [-0.25, -0.2) is 5.10 Å². The lowest BCUT2D eigenvalue weighted by Gasteiger charge is -2.08. The number of anilines is 1. The quantitative estimate of drug-likeness (QED) is 0.318. The Bertz CT molecular complexity index is 1380. The van der Waals surface area contributed by atoms with E-state index in [1.54, 1.807) is 18.3 Å². The van der Waals surface area contributed by atoms with Crippen LogP contribution in [0.2, 0.25) is 0 Å². The van der Waals surface area contributed by atoms with Gasteiger partial charge < -0.3 is 19.9 Å². The molecule has 0 fully saturated rings. The van der Waals surface area contributed by atoms with Crippen LogP contribution in [-0.2, 0) is 17.6 Å². The van der Waals surface area contributed by atoms with E-state index in [9.17, 15) is 9.59 Å². The first-order chi connectivity index (χ1) is 16.7. The van der Waals surface area contributed by atoms with Crippen LogP contribution in [0.4, 0.5) is 5.82 Å². The summed E-state index contributed by atoms with van der Waals surface area (Å²) in [5.74, 6) is 2.24. The van der Waals surface area contributed by atoms with E-state index in [0.717, 1.165) is 23.3 Å². The number of hydrogen-bond acceptors (Lipinski definition) is 9. The van der Waals surface area contributed by atoms with Crippen molar-refractivity contribution in [2.24, 2.45) is 0 Å². The van der Waals surface area contributed by atoms with Crippen molar-refractivity contribution in [2.75, 3.05) is 25.0 Å². The maximum atomic E-state index is 12.2. The summed E-state index contributed by atoms with van der Waals surface area (Å²) in [7, 11) is 0. The lowest BCUT2D eigenvalue weighted by atomic mass is 10.1. The van der Waals surface area contributed by atoms with Gasteiger partial charge in [0.1, 0.15) is 11.3 Å². The predicted molar refractivity (Wildman–Crippen MR) is 124 cm³/mol. The largest absolute Gasteiger partial charge is 0.493 e. The Hall–Kier alpha value is -4.28. The van der Waals surface area contributed by atoms with Gasteiger partial charge in [-0.2, -0.15) is 10.1 Å². The van der Waals surface area contributed by atoms with Crippen molar-refractivity contribution in [2.45, 2.75) is 25.7 Å². The van der Waals surface area contributed by atoms with E-state index in [0.29, 0.717) is 61.0 Å². The van der Waals surface area contributed by atoms with Gasteiger partial charge in [-0.1, -0.05) is 5.16 Å². The van der Waals surface area contributed by atoms with Crippen LogP contribution in [0, 0.1) is 0 Å². The molecule has 1 aliphatic rings. The second-order valence-electron chi connectivity index (χ2n) is 7.86. The first kappa shape index (κ1) is 21.6. The first-order valence-corrected chi connectivity index (χ1v) is 11.1. The molecule has 1 aromatic carbocycles. The molecule has 5 rings (SSSR count). The molecule has 4 heterocycles. The number of carbonyl (C=O) groups excluding carboxylic acids is 1. The molecule has 174 valence electrons. The highest BCUT2D eigenvalue weighted by molar-refractivity contribution is 5.86. The molecular formula is C23H23N7O4. The van der Waals surface area contributed by atoms with Gasteiger partial charge in [0.2, 0.25) is 17.6 Å². The van der Waals surface area contributed by atoms with E-state index in [2.05, 4.69) is 36.0 Å². The smallest absolute Gasteiger partial charge is 0.273 e. The average Bonchev–Trinajstić information content (AvgIpc) is 3.53. The molecule has 0 saturated carbocycles. The Balaban J connectivity index is 1.05. The zero-order valence-corrected chi connectivity index (χ0v) is 18.3. The highest BCUT2D eigenvalue weighted by Crippen LogP contribution is 2.29. The number of amides is 1. The Morgan fingerprint density at radius 1 is 1.21 bits per heavy atom. The van der Waals surface area contributed by atoms with Gasteiger partial charge in [0.25, 0.3) is 5.56 Å². The second kappa shape index (κ2) is 9.69. The van der Waals surface area contributed by atoms with Crippen molar-refractivity contribution in [3.63, 3.8) is 0 Å². The fraction of sp³-hybridized carbons (Fsp3) is 0.304. The minimum absolute atomic E-state index is 0.0938. The number of nitrogens with one attached hydrogen (secondary N) is 3. The summed E-state index contributed by atoms with van der Waals surface area (Å²) >= 11 is 0. The Morgan fingerprint density at radius 3 is 3.09 bits per heavy atom. The van der Waals surface area contributed by atoms with Gasteiger partial charge >= 0.3 is 0 Å². The molecule has 11 nitrogen and oxygen atoms in total. The zero-order chi connectivity index (χ0) is 23.3. The SMILES string of the molecule is O=C(CCc1nc(-c2ccc3c(c2)CCO3)no1)NCCCNc1n[nH]c(=O)c2cccnc12. The summed E-state index contributed by atoms with van der Waals surface area (Å²) < 4.78 is 10.8. The first-order valence-electron chi connectivity index (χ1n) is 11.1. The number of aromatic nitrogens is 5. The van der Waals surface area contributed by atoms with Crippen LogP contribution in [0.3, 0.4) is 0 Å². The molecule has 0 aliphatic carbocycles. The lowest BCUT2D eigenvalue weighted by Crippen LogP contribution is -2.26. The van der Waals surface area contributed by atoms with Crippen LogP contribution in [0.15, 0.2) is 45.8 Å². The molecule has 4 aromatic rings. The normalized spacial score (nSPS) is 12.4. The van der Waals surface area contributed by atoms with Crippen molar-refractivity contribution < 1.29 is 14.1 Å². The number of benzene rings is 1. The Morgan fingerprint density at radius 2 is 2.15 bits per heavy atom. The molecule has 0 saturated heterocycles. The highest BCUT2D eigenvalue weighted by atomic mass is 16.5. The van der Waals surface area contributed by atoms with Gasteiger partial charge in [-0.15, -0.1) is 0 Å². The Kier molecular flexibility index (Phi) is 6.15. The van der Waals surface area contributed by atoms with Gasteiger partial charge in [0, 0.05) is 44.1 Å². The number of pyridine rings is 1. The summed E-state index contributed by atoms with van der Waals surface area (Å²) in [6.07, 6.45) is 3.78. The van der Waals surface area contributed by atoms with E-state index in [-0.39, 0.29) is 17.9 Å². The van der Waals surface area contributed by atoms with Crippen molar-refractivity contribution >= 4 is 22.6 Å². The van der Waals surface area contributed by atoms with Crippen LogP contribution in [-0.4, -0.2) is 50.9 Å². The van der Waals surface area contributed by atoms with Gasteiger partial charge in [0.05, 0.1) is 12.0 Å². The molecule has 0 radical (unpaired) electrons. The van der Waals surface area contributed by atoms with Gasteiger partial charge in [-0.3, -0.25) is 14.6 Å². The summed E-state index contributed by atoms with van der Waals surface area (Å²) in [6.45, 7) is 1.75. The van der Waals surface area contributed by atoms with Crippen LogP contribution in [0.5, 0.6) is 5.75 Å². The molecule has 0 unspecified atom stereocenters. The van der Waals surface area contributed by atoms with Gasteiger partial charge in [-0.05, 0) is 42.3 Å². The molecule has 3 N–H and O–H groups in total. The third-order valence-corrected chi connectivity index (χ3v) is 5.50. The monoisotopic (exact) mass is 461 g/mol. The van der Waals surface area contributed by atoms with Crippen LogP contribution < -0.4 is 20.9 Å². The van der Waals surface area contributed by atoms with Crippen LogP contribution in [0.1, 0.15) is 24.3 Å². The highest BCUT2D eigenvalue weighted by Gasteiger charge is 2.16. The maximum Gasteiger partial charge on any atom is 0.273 e. The third-order valence-electron chi connectivity index (χ3n) is 5.50. The fourth-order valence-electron chi connectivity index (χ4n) is 3.75. The molecular weight excluding hydrogens is 438 g/mol. The molecule has 1 amide bonds. The molecule has 11 heteroatoms. The molecule has 34 heavy (non-hydrogen) atoms. The molecule has 0 spiro atoms. The summed E-state index contributed by atoms with van der Waals surface area (Å²) in [6, 6.07) is 9.23. The number of aryl methyl sites for hydroxylation is 1. The summed E-state index contributed by atoms with van der Waals surface area (Å²) in [5.41, 5.74) is 2.24. The fourth-order valence-corrected chi connectivity index (χ4v) is 3.75. The van der Waals surface area contributed by atoms with E-state index in [1.165, 1.54) is 0 Å². The zero-order valence-electron chi connectivity index (χ0n) is 18.3. The number of hydrogen-bond donors (Lipinski definition) is 3. The molecule has 0 bridgehead atoms. The average molecular weight is 461 g/mol. The Labute approximate surface area is 193 Å². The van der Waals surface area contributed by atoms with E-state index < -0.39 is 0 Å². The molecule has 0 atom stereocenters. The van der Waals surface area contributed by atoms with Crippen molar-refractivity contribution in [3.8, 4) is 17.1 Å². The number of fused-ring (bicyclic) bond motifs is 2. The third kappa shape index (κ3) is 4.72. The number of aromatic amines is 1. The summed E-state index contributed by atoms with van der Waals surface area (Å²) in [5, 5.41) is 17.0. The topological polar surface area (TPSA) is 148 Å².